The average Bonchev–Trinajstić information content (AvgIpc) is 2.87. The van der Waals surface area contributed by atoms with Crippen molar-refractivity contribution >= 4 is 5.97 Å². The molecule has 0 amide bonds. The summed E-state index contributed by atoms with van der Waals surface area (Å²) in [6.45, 7) is 6.03. The molecule has 1 saturated heterocycles. The molecule has 120 valence electrons. The van der Waals surface area contributed by atoms with Gasteiger partial charge < -0.3 is 9.47 Å². The third-order valence-electron chi connectivity index (χ3n) is 4.10. The summed E-state index contributed by atoms with van der Waals surface area (Å²) in [7, 11) is 0. The second kappa shape index (κ2) is 5.82. The van der Waals surface area contributed by atoms with E-state index in [1.54, 1.807) is 0 Å². The zero-order valence-corrected chi connectivity index (χ0v) is 13.8. The van der Waals surface area contributed by atoms with E-state index < -0.39 is 11.9 Å². The van der Waals surface area contributed by atoms with E-state index >= 15 is 0 Å². The van der Waals surface area contributed by atoms with Gasteiger partial charge in [-0.2, -0.15) is 0 Å². The Morgan fingerprint density at radius 2 is 1.52 bits per heavy atom. The molecule has 3 rings (SSSR count). The summed E-state index contributed by atoms with van der Waals surface area (Å²) >= 11 is 0. The molecule has 2 atom stereocenters. The standard InChI is InChI=1S/C20H22O3/c1-19(2,3)18-22-17(21)20(23-18,16-12-8-5-9-13-16)14-15-10-6-4-7-11-15/h4-13,18H,14H2,1-3H3/t18-,20+/m1/s1. The molecule has 0 saturated carbocycles. The second-order valence-corrected chi connectivity index (χ2v) is 7.08. The van der Waals surface area contributed by atoms with Crippen LogP contribution in [0.4, 0.5) is 0 Å². The maximum absolute atomic E-state index is 12.8. The highest BCUT2D eigenvalue weighted by atomic mass is 16.8. The number of benzene rings is 2. The molecule has 1 aliphatic heterocycles. The molecule has 1 aliphatic rings. The molecule has 0 aliphatic carbocycles. The minimum Gasteiger partial charge on any atom is -0.433 e. The van der Waals surface area contributed by atoms with Crippen LogP contribution < -0.4 is 0 Å². The maximum atomic E-state index is 12.8. The normalized spacial score (nSPS) is 24.5. The van der Waals surface area contributed by atoms with Gasteiger partial charge in [-0.3, -0.25) is 0 Å². The number of cyclic esters (lactones) is 1. The van der Waals surface area contributed by atoms with Crippen molar-refractivity contribution in [3.05, 3.63) is 71.8 Å². The summed E-state index contributed by atoms with van der Waals surface area (Å²) in [5.74, 6) is -0.313. The van der Waals surface area contributed by atoms with E-state index in [0.29, 0.717) is 6.42 Å². The van der Waals surface area contributed by atoms with Crippen molar-refractivity contribution in [3.8, 4) is 0 Å². The lowest BCUT2D eigenvalue weighted by Crippen LogP contribution is -2.37. The average molecular weight is 310 g/mol. The molecule has 3 heteroatoms. The molecule has 0 bridgehead atoms. The lowest BCUT2D eigenvalue weighted by atomic mass is 9.87. The molecule has 1 fully saturated rings. The Labute approximate surface area is 137 Å². The minimum absolute atomic E-state index is 0.275. The number of carbonyl (C=O) groups excluding carboxylic acids is 1. The topological polar surface area (TPSA) is 35.5 Å². The van der Waals surface area contributed by atoms with Gasteiger partial charge in [-0.15, -0.1) is 0 Å². The van der Waals surface area contributed by atoms with E-state index in [2.05, 4.69) is 0 Å². The van der Waals surface area contributed by atoms with Gasteiger partial charge in [-0.05, 0) is 11.1 Å². The zero-order valence-electron chi connectivity index (χ0n) is 13.8. The Balaban J connectivity index is 2.03. The smallest absolute Gasteiger partial charge is 0.345 e. The largest absolute Gasteiger partial charge is 0.433 e. The highest BCUT2D eigenvalue weighted by molar-refractivity contribution is 5.83. The molecule has 0 radical (unpaired) electrons. The van der Waals surface area contributed by atoms with Gasteiger partial charge in [0.25, 0.3) is 0 Å². The summed E-state index contributed by atoms with van der Waals surface area (Å²) in [6, 6.07) is 19.5. The van der Waals surface area contributed by atoms with Crippen molar-refractivity contribution in [1.29, 1.82) is 0 Å². The number of hydrogen-bond donors (Lipinski definition) is 0. The number of hydrogen-bond acceptors (Lipinski definition) is 3. The quantitative estimate of drug-likeness (QED) is 0.802. The monoisotopic (exact) mass is 310 g/mol. The number of carbonyl (C=O) groups is 1. The highest BCUT2D eigenvalue weighted by Gasteiger charge is 2.54. The fraction of sp³-hybridized carbons (Fsp3) is 0.350. The fourth-order valence-electron chi connectivity index (χ4n) is 2.79. The van der Waals surface area contributed by atoms with Gasteiger partial charge >= 0.3 is 5.97 Å². The Bertz CT molecular complexity index is 673. The first-order valence-corrected chi connectivity index (χ1v) is 7.90. The molecule has 2 aromatic rings. The van der Waals surface area contributed by atoms with Gasteiger partial charge in [0.1, 0.15) is 0 Å². The fourth-order valence-corrected chi connectivity index (χ4v) is 2.79. The Morgan fingerprint density at radius 3 is 2.04 bits per heavy atom. The van der Waals surface area contributed by atoms with E-state index in [1.165, 1.54) is 0 Å². The number of esters is 1. The van der Waals surface area contributed by atoms with Crippen molar-refractivity contribution < 1.29 is 14.3 Å². The SMILES string of the molecule is CC(C)(C)[C@@H]1OC(=O)[C@](Cc2ccccc2)(c2ccccc2)O1. The van der Waals surface area contributed by atoms with Gasteiger partial charge in [0, 0.05) is 11.8 Å². The predicted molar refractivity (Wildman–Crippen MR) is 88.7 cm³/mol. The van der Waals surface area contributed by atoms with Gasteiger partial charge in [-0.25, -0.2) is 4.79 Å². The van der Waals surface area contributed by atoms with Crippen molar-refractivity contribution in [2.24, 2.45) is 5.41 Å². The molecule has 0 aromatic heterocycles. The number of ether oxygens (including phenoxy) is 2. The van der Waals surface area contributed by atoms with Gasteiger partial charge in [0.05, 0.1) is 0 Å². The zero-order chi connectivity index (χ0) is 16.5. The summed E-state index contributed by atoms with van der Waals surface area (Å²) in [4.78, 5) is 12.8. The molecule has 0 unspecified atom stereocenters. The lowest BCUT2D eigenvalue weighted by Gasteiger charge is -2.29. The number of rotatable bonds is 3. The van der Waals surface area contributed by atoms with E-state index in [1.807, 2.05) is 81.4 Å². The van der Waals surface area contributed by atoms with Gasteiger partial charge in [-0.1, -0.05) is 81.4 Å². The van der Waals surface area contributed by atoms with Crippen molar-refractivity contribution in [2.45, 2.75) is 39.1 Å². The van der Waals surface area contributed by atoms with E-state index in [9.17, 15) is 4.79 Å². The van der Waals surface area contributed by atoms with Crippen LogP contribution in [-0.2, 0) is 26.3 Å². The van der Waals surface area contributed by atoms with E-state index in [0.717, 1.165) is 11.1 Å². The maximum Gasteiger partial charge on any atom is 0.345 e. The van der Waals surface area contributed by atoms with Crippen LogP contribution in [0, 0.1) is 5.41 Å². The molecule has 3 nitrogen and oxygen atoms in total. The molecule has 23 heavy (non-hydrogen) atoms. The Kier molecular flexibility index (Phi) is 3.99. The summed E-state index contributed by atoms with van der Waals surface area (Å²) in [5, 5.41) is 0. The molecular weight excluding hydrogens is 288 g/mol. The summed E-state index contributed by atoms with van der Waals surface area (Å²) in [6.07, 6.45) is -0.0950. The molecule has 0 N–H and O–H groups in total. The first kappa shape index (κ1) is 15.8. The van der Waals surface area contributed by atoms with Crippen molar-refractivity contribution in [2.75, 3.05) is 0 Å². The van der Waals surface area contributed by atoms with Gasteiger partial charge in [0.2, 0.25) is 6.29 Å². The first-order valence-electron chi connectivity index (χ1n) is 7.90. The molecule has 1 heterocycles. The molecule has 2 aromatic carbocycles. The Morgan fingerprint density at radius 1 is 0.957 bits per heavy atom. The van der Waals surface area contributed by atoms with Crippen LogP contribution in [0.3, 0.4) is 0 Å². The minimum atomic E-state index is -1.08. The van der Waals surface area contributed by atoms with Crippen LogP contribution in [-0.4, -0.2) is 12.3 Å². The first-order chi connectivity index (χ1) is 10.9. The Hall–Kier alpha value is -2.13. The van der Waals surface area contributed by atoms with Crippen molar-refractivity contribution in [1.82, 2.24) is 0 Å². The van der Waals surface area contributed by atoms with Crippen LogP contribution in [0.5, 0.6) is 0 Å². The van der Waals surface area contributed by atoms with Crippen LogP contribution in [0.25, 0.3) is 0 Å². The third-order valence-corrected chi connectivity index (χ3v) is 4.10. The van der Waals surface area contributed by atoms with Crippen LogP contribution >= 0.6 is 0 Å². The predicted octanol–water partition coefficient (Wildman–Crippen LogP) is 4.07. The van der Waals surface area contributed by atoms with Crippen molar-refractivity contribution in [3.63, 3.8) is 0 Å². The molecular formula is C20H22O3. The van der Waals surface area contributed by atoms with E-state index in [-0.39, 0.29) is 11.4 Å². The lowest BCUT2D eigenvalue weighted by molar-refractivity contribution is -0.156. The van der Waals surface area contributed by atoms with E-state index in [4.69, 9.17) is 9.47 Å². The molecule has 0 spiro atoms. The van der Waals surface area contributed by atoms with Crippen LogP contribution in [0.1, 0.15) is 31.9 Å². The third kappa shape index (κ3) is 3.02. The van der Waals surface area contributed by atoms with Crippen LogP contribution in [0.15, 0.2) is 60.7 Å². The highest BCUT2D eigenvalue weighted by Crippen LogP contribution is 2.42. The van der Waals surface area contributed by atoms with Gasteiger partial charge in [0.15, 0.2) is 5.60 Å². The second-order valence-electron chi connectivity index (χ2n) is 7.08. The van der Waals surface area contributed by atoms with Crippen LogP contribution in [0.2, 0.25) is 0 Å². The summed E-state index contributed by atoms with van der Waals surface area (Å²) < 4.78 is 11.9. The summed E-state index contributed by atoms with van der Waals surface area (Å²) in [5.41, 5.74) is 0.521.